The number of benzene rings is 2. The fourth-order valence-corrected chi connectivity index (χ4v) is 4.98. The van der Waals surface area contributed by atoms with Crippen molar-refractivity contribution >= 4 is 39.3 Å². The molecule has 2 aromatic carbocycles. The van der Waals surface area contributed by atoms with E-state index in [0.717, 1.165) is 0 Å². The highest BCUT2D eigenvalue weighted by atomic mass is 35.5. The maximum absolute atomic E-state index is 13.0. The third kappa shape index (κ3) is 4.54. The van der Waals surface area contributed by atoms with Gasteiger partial charge in [-0.25, -0.2) is 8.42 Å². The van der Waals surface area contributed by atoms with E-state index < -0.39 is 15.9 Å². The van der Waals surface area contributed by atoms with Gasteiger partial charge in [-0.2, -0.15) is 4.31 Å². The standard InChI is InChI=1S/C21H21ClN2O6S/c1-28-20-5-3-17(31(26,27)24-6-8-29-9-7-24)12-18(20)23-21(25)15-10-14-11-16(22)2-4-19(14)30-13-15/h2-5,10-12H,6-9,13H2,1H3,(H,23,25). The van der Waals surface area contributed by atoms with Crippen LogP contribution in [0.4, 0.5) is 5.69 Å². The summed E-state index contributed by atoms with van der Waals surface area (Å²) < 4.78 is 43.5. The number of anilines is 1. The highest BCUT2D eigenvalue weighted by molar-refractivity contribution is 7.89. The third-order valence-corrected chi connectivity index (χ3v) is 7.13. The van der Waals surface area contributed by atoms with Crippen molar-refractivity contribution in [3.05, 3.63) is 52.6 Å². The average molecular weight is 465 g/mol. The molecule has 31 heavy (non-hydrogen) atoms. The number of sulfonamides is 1. The van der Waals surface area contributed by atoms with Gasteiger partial charge in [-0.1, -0.05) is 11.6 Å². The molecule has 1 amide bonds. The molecule has 0 unspecified atom stereocenters. The number of morpholine rings is 1. The van der Waals surface area contributed by atoms with Crippen LogP contribution in [0.3, 0.4) is 0 Å². The molecule has 0 bridgehead atoms. The van der Waals surface area contributed by atoms with Crippen LogP contribution < -0.4 is 14.8 Å². The molecule has 0 atom stereocenters. The van der Waals surface area contributed by atoms with Crippen LogP contribution in [0.5, 0.6) is 11.5 Å². The second kappa shape index (κ2) is 8.88. The summed E-state index contributed by atoms with van der Waals surface area (Å²) in [5.74, 6) is 0.553. The Balaban J connectivity index is 1.60. The minimum absolute atomic E-state index is 0.0662. The van der Waals surface area contributed by atoms with E-state index in [2.05, 4.69) is 5.32 Å². The number of amides is 1. The molecular weight excluding hydrogens is 444 g/mol. The fourth-order valence-electron chi connectivity index (χ4n) is 3.36. The first kappa shape index (κ1) is 21.6. The molecule has 0 aliphatic carbocycles. The van der Waals surface area contributed by atoms with E-state index in [4.69, 9.17) is 25.8 Å². The van der Waals surface area contributed by atoms with Crippen molar-refractivity contribution in [2.45, 2.75) is 4.90 Å². The Morgan fingerprint density at radius 3 is 2.68 bits per heavy atom. The normalized spacial score (nSPS) is 16.6. The smallest absolute Gasteiger partial charge is 0.255 e. The number of fused-ring (bicyclic) bond motifs is 1. The molecule has 8 nitrogen and oxygen atoms in total. The predicted octanol–water partition coefficient (Wildman–Crippen LogP) is 2.78. The molecule has 2 aliphatic heterocycles. The summed E-state index contributed by atoms with van der Waals surface area (Å²) in [5, 5.41) is 3.27. The highest BCUT2D eigenvalue weighted by Gasteiger charge is 2.27. The second-order valence-electron chi connectivity index (χ2n) is 6.97. The number of carbonyl (C=O) groups excluding carboxylic acids is 1. The lowest BCUT2D eigenvalue weighted by Gasteiger charge is -2.26. The van der Waals surface area contributed by atoms with Gasteiger partial charge in [0.25, 0.3) is 5.91 Å². The molecule has 1 fully saturated rings. The molecule has 10 heteroatoms. The topological polar surface area (TPSA) is 94.2 Å². The minimum Gasteiger partial charge on any atom is -0.495 e. The van der Waals surface area contributed by atoms with Gasteiger partial charge < -0.3 is 19.5 Å². The molecule has 0 aromatic heterocycles. The van der Waals surface area contributed by atoms with Gasteiger partial charge in [0.1, 0.15) is 18.1 Å². The fraction of sp³-hybridized carbons (Fsp3) is 0.286. The van der Waals surface area contributed by atoms with Crippen LogP contribution in [-0.4, -0.2) is 58.7 Å². The van der Waals surface area contributed by atoms with E-state index in [-0.39, 0.29) is 30.3 Å². The molecule has 2 aliphatic rings. The van der Waals surface area contributed by atoms with Crippen molar-refractivity contribution in [1.82, 2.24) is 4.31 Å². The van der Waals surface area contributed by atoms with E-state index in [1.165, 1.54) is 29.6 Å². The van der Waals surface area contributed by atoms with E-state index in [9.17, 15) is 13.2 Å². The van der Waals surface area contributed by atoms with Crippen LogP contribution in [0.2, 0.25) is 5.02 Å². The first-order valence-corrected chi connectivity index (χ1v) is 11.4. The number of nitrogens with zero attached hydrogens (tertiary/aromatic N) is 1. The largest absolute Gasteiger partial charge is 0.495 e. The number of hydrogen-bond acceptors (Lipinski definition) is 6. The number of hydrogen-bond donors (Lipinski definition) is 1. The molecule has 2 aromatic rings. The number of rotatable bonds is 5. The Kier molecular flexibility index (Phi) is 6.19. The summed E-state index contributed by atoms with van der Waals surface area (Å²) >= 11 is 6.03. The lowest BCUT2D eigenvalue weighted by atomic mass is 10.1. The van der Waals surface area contributed by atoms with Gasteiger partial charge in [0.15, 0.2) is 0 Å². The van der Waals surface area contributed by atoms with Crippen LogP contribution in [0.15, 0.2) is 46.9 Å². The Morgan fingerprint density at radius 2 is 1.94 bits per heavy atom. The molecule has 4 rings (SSSR count). The maximum atomic E-state index is 13.0. The van der Waals surface area contributed by atoms with Crippen molar-refractivity contribution in [3.8, 4) is 11.5 Å². The van der Waals surface area contributed by atoms with Crippen LogP contribution in [0, 0.1) is 0 Å². The SMILES string of the molecule is COc1ccc(S(=O)(=O)N2CCOCC2)cc1NC(=O)C1=Cc2cc(Cl)ccc2OC1. The summed E-state index contributed by atoms with van der Waals surface area (Å²) in [6, 6.07) is 9.54. The van der Waals surface area contributed by atoms with Gasteiger partial charge in [-0.05, 0) is 42.5 Å². The lowest BCUT2D eigenvalue weighted by Crippen LogP contribution is -2.40. The molecular formula is C21H21ClN2O6S. The quantitative estimate of drug-likeness (QED) is 0.731. The summed E-state index contributed by atoms with van der Waals surface area (Å²) in [7, 11) is -2.28. The first-order valence-electron chi connectivity index (χ1n) is 9.59. The molecule has 164 valence electrons. The first-order chi connectivity index (χ1) is 14.9. The van der Waals surface area contributed by atoms with Crippen molar-refractivity contribution < 1.29 is 27.4 Å². The van der Waals surface area contributed by atoms with E-state index >= 15 is 0 Å². The van der Waals surface area contributed by atoms with Crippen LogP contribution >= 0.6 is 11.6 Å². The summed E-state index contributed by atoms with van der Waals surface area (Å²) in [4.78, 5) is 12.9. The molecule has 0 saturated carbocycles. The van der Waals surface area contributed by atoms with Gasteiger partial charge in [0, 0.05) is 23.7 Å². The van der Waals surface area contributed by atoms with E-state index in [1.54, 1.807) is 24.3 Å². The predicted molar refractivity (Wildman–Crippen MR) is 116 cm³/mol. The van der Waals surface area contributed by atoms with Crippen molar-refractivity contribution in [2.75, 3.05) is 45.3 Å². The average Bonchev–Trinajstić information content (AvgIpc) is 2.79. The number of methoxy groups -OCH3 is 1. The highest BCUT2D eigenvalue weighted by Crippen LogP contribution is 2.32. The number of halogens is 1. The molecule has 2 heterocycles. The van der Waals surface area contributed by atoms with Gasteiger partial charge in [-0.3, -0.25) is 4.79 Å². The van der Waals surface area contributed by atoms with Gasteiger partial charge in [-0.15, -0.1) is 0 Å². The van der Waals surface area contributed by atoms with Crippen LogP contribution in [0.1, 0.15) is 5.56 Å². The zero-order valence-electron chi connectivity index (χ0n) is 16.8. The summed E-state index contributed by atoms with van der Waals surface area (Å²) in [6.07, 6.45) is 1.70. The monoisotopic (exact) mass is 464 g/mol. The van der Waals surface area contributed by atoms with Gasteiger partial charge in [0.2, 0.25) is 10.0 Å². The zero-order valence-corrected chi connectivity index (χ0v) is 18.3. The van der Waals surface area contributed by atoms with Crippen LogP contribution in [0.25, 0.3) is 6.08 Å². The van der Waals surface area contributed by atoms with Gasteiger partial charge in [0.05, 0.1) is 36.5 Å². The Bertz CT molecular complexity index is 1140. The molecule has 0 radical (unpaired) electrons. The van der Waals surface area contributed by atoms with E-state index in [1.807, 2.05) is 0 Å². The van der Waals surface area contributed by atoms with E-state index in [0.29, 0.717) is 40.9 Å². The zero-order chi connectivity index (χ0) is 22.0. The Labute approximate surface area is 185 Å². The number of ether oxygens (including phenoxy) is 3. The third-order valence-electron chi connectivity index (χ3n) is 5.00. The Hall–Kier alpha value is -2.59. The summed E-state index contributed by atoms with van der Waals surface area (Å²) in [5.41, 5.74) is 1.32. The maximum Gasteiger partial charge on any atom is 0.255 e. The Morgan fingerprint density at radius 1 is 1.16 bits per heavy atom. The van der Waals surface area contributed by atoms with Crippen molar-refractivity contribution in [2.24, 2.45) is 0 Å². The lowest BCUT2D eigenvalue weighted by molar-refractivity contribution is -0.113. The summed E-state index contributed by atoms with van der Waals surface area (Å²) in [6.45, 7) is 1.33. The molecule has 0 spiro atoms. The number of carbonyl (C=O) groups is 1. The number of nitrogens with one attached hydrogen (secondary N) is 1. The van der Waals surface area contributed by atoms with Crippen LogP contribution in [-0.2, 0) is 19.6 Å². The molecule has 1 saturated heterocycles. The second-order valence-corrected chi connectivity index (χ2v) is 9.35. The molecule has 1 N–H and O–H groups in total. The van der Waals surface area contributed by atoms with Crippen molar-refractivity contribution in [1.29, 1.82) is 0 Å². The minimum atomic E-state index is -3.72. The van der Waals surface area contributed by atoms with Gasteiger partial charge >= 0.3 is 0 Å². The van der Waals surface area contributed by atoms with Crippen molar-refractivity contribution in [3.63, 3.8) is 0 Å².